The number of allylic oxidation sites excluding steroid dienone is 1. The van der Waals surface area contributed by atoms with Gasteiger partial charge in [-0.3, -0.25) is 4.79 Å². The number of primary amides is 1. The number of carbonyl (C=O) groups excluding carboxylic acids is 1. The van der Waals surface area contributed by atoms with Crippen LogP contribution in [0.1, 0.15) is 19.8 Å². The van der Waals surface area contributed by atoms with Crippen LogP contribution < -0.4 is 5.73 Å². The minimum atomic E-state index is -0.366. The normalized spacial score (nSPS) is 15.5. The average molecular weight is 196 g/mol. The molecule has 0 saturated heterocycles. The van der Waals surface area contributed by atoms with Crippen LogP contribution in [0.15, 0.2) is 24.0 Å². The number of nitrogens with two attached hydrogens (primary N) is 1. The summed E-state index contributed by atoms with van der Waals surface area (Å²) in [4.78, 5) is 12.7. The van der Waals surface area contributed by atoms with E-state index in [2.05, 4.69) is 6.92 Å². The fourth-order valence-electron chi connectivity index (χ4n) is 1.17. The SMILES string of the molecule is CCCOCN1C=CCC(C(N)=O)=C1. The first-order valence-corrected chi connectivity index (χ1v) is 4.74. The number of carbonyl (C=O) groups is 1. The molecule has 0 atom stereocenters. The van der Waals surface area contributed by atoms with Crippen LogP contribution in [-0.4, -0.2) is 24.1 Å². The van der Waals surface area contributed by atoms with E-state index < -0.39 is 0 Å². The van der Waals surface area contributed by atoms with Crippen molar-refractivity contribution in [3.05, 3.63) is 24.0 Å². The Balaban J connectivity index is 2.41. The summed E-state index contributed by atoms with van der Waals surface area (Å²) in [6.45, 7) is 3.25. The minimum Gasteiger partial charge on any atom is -0.366 e. The van der Waals surface area contributed by atoms with Crippen molar-refractivity contribution in [2.45, 2.75) is 19.8 Å². The summed E-state index contributed by atoms with van der Waals surface area (Å²) in [5.74, 6) is -0.366. The molecule has 1 amide bonds. The summed E-state index contributed by atoms with van der Waals surface area (Å²) in [5, 5.41) is 0. The van der Waals surface area contributed by atoms with Crippen LogP contribution in [0.4, 0.5) is 0 Å². The van der Waals surface area contributed by atoms with Crippen LogP contribution in [-0.2, 0) is 9.53 Å². The lowest BCUT2D eigenvalue weighted by molar-refractivity contribution is -0.114. The predicted octanol–water partition coefficient (Wildman–Crippen LogP) is 0.959. The van der Waals surface area contributed by atoms with Crippen molar-refractivity contribution >= 4 is 5.91 Å². The van der Waals surface area contributed by atoms with Crippen molar-refractivity contribution in [2.75, 3.05) is 13.3 Å². The molecule has 0 aliphatic carbocycles. The van der Waals surface area contributed by atoms with E-state index in [4.69, 9.17) is 10.5 Å². The lowest BCUT2D eigenvalue weighted by Gasteiger charge is -2.19. The zero-order valence-corrected chi connectivity index (χ0v) is 8.40. The Hall–Kier alpha value is -1.29. The summed E-state index contributed by atoms with van der Waals surface area (Å²) in [7, 11) is 0. The molecular formula is C10H16N2O2. The second-order valence-corrected chi connectivity index (χ2v) is 3.16. The molecule has 0 aromatic heterocycles. The van der Waals surface area contributed by atoms with E-state index in [0.29, 0.717) is 18.7 Å². The van der Waals surface area contributed by atoms with Gasteiger partial charge in [-0.1, -0.05) is 13.0 Å². The van der Waals surface area contributed by atoms with Crippen molar-refractivity contribution < 1.29 is 9.53 Å². The van der Waals surface area contributed by atoms with E-state index in [1.807, 2.05) is 17.2 Å². The number of amides is 1. The number of nitrogens with zero attached hydrogens (tertiary/aromatic N) is 1. The maximum absolute atomic E-state index is 10.9. The van der Waals surface area contributed by atoms with Crippen LogP contribution in [0.2, 0.25) is 0 Å². The monoisotopic (exact) mass is 196 g/mol. The van der Waals surface area contributed by atoms with Gasteiger partial charge in [-0.2, -0.15) is 0 Å². The van der Waals surface area contributed by atoms with Crippen LogP contribution in [0.5, 0.6) is 0 Å². The molecule has 0 unspecified atom stereocenters. The van der Waals surface area contributed by atoms with Gasteiger partial charge in [-0.15, -0.1) is 0 Å². The van der Waals surface area contributed by atoms with E-state index >= 15 is 0 Å². The van der Waals surface area contributed by atoms with Crippen LogP contribution in [0.3, 0.4) is 0 Å². The molecule has 4 nitrogen and oxygen atoms in total. The van der Waals surface area contributed by atoms with Gasteiger partial charge in [0.15, 0.2) is 0 Å². The third-order valence-corrected chi connectivity index (χ3v) is 1.86. The van der Waals surface area contributed by atoms with Gasteiger partial charge in [-0.05, 0) is 12.8 Å². The van der Waals surface area contributed by atoms with Crippen molar-refractivity contribution in [3.8, 4) is 0 Å². The number of ether oxygens (including phenoxy) is 1. The highest BCUT2D eigenvalue weighted by Gasteiger charge is 2.09. The van der Waals surface area contributed by atoms with Crippen molar-refractivity contribution in [1.82, 2.24) is 4.90 Å². The second-order valence-electron chi connectivity index (χ2n) is 3.16. The zero-order chi connectivity index (χ0) is 10.4. The van der Waals surface area contributed by atoms with E-state index in [9.17, 15) is 4.79 Å². The first kappa shape index (κ1) is 10.8. The van der Waals surface area contributed by atoms with E-state index in [1.165, 1.54) is 0 Å². The second kappa shape index (κ2) is 5.44. The Morgan fingerprint density at radius 1 is 1.71 bits per heavy atom. The summed E-state index contributed by atoms with van der Waals surface area (Å²) in [6, 6.07) is 0. The molecule has 1 heterocycles. The number of hydrogen-bond donors (Lipinski definition) is 1. The highest BCUT2D eigenvalue weighted by Crippen LogP contribution is 2.11. The molecule has 0 spiro atoms. The molecule has 14 heavy (non-hydrogen) atoms. The van der Waals surface area contributed by atoms with Gasteiger partial charge in [0.2, 0.25) is 5.91 Å². The first-order valence-electron chi connectivity index (χ1n) is 4.74. The van der Waals surface area contributed by atoms with Gasteiger partial charge >= 0.3 is 0 Å². The van der Waals surface area contributed by atoms with Crippen LogP contribution in [0, 0.1) is 0 Å². The van der Waals surface area contributed by atoms with Gasteiger partial charge in [0.05, 0.1) is 0 Å². The zero-order valence-electron chi connectivity index (χ0n) is 8.40. The Bertz CT molecular complexity index is 259. The van der Waals surface area contributed by atoms with Crippen molar-refractivity contribution in [2.24, 2.45) is 5.73 Å². The van der Waals surface area contributed by atoms with Crippen LogP contribution >= 0.6 is 0 Å². The quantitative estimate of drug-likeness (QED) is 0.666. The minimum absolute atomic E-state index is 0.366. The summed E-state index contributed by atoms with van der Waals surface area (Å²) < 4.78 is 5.33. The molecule has 2 N–H and O–H groups in total. The number of rotatable bonds is 5. The largest absolute Gasteiger partial charge is 0.366 e. The van der Waals surface area contributed by atoms with Gasteiger partial charge in [0.1, 0.15) is 6.73 Å². The fourth-order valence-corrected chi connectivity index (χ4v) is 1.17. The molecule has 1 rings (SSSR count). The summed E-state index contributed by atoms with van der Waals surface area (Å²) >= 11 is 0. The third kappa shape index (κ3) is 3.22. The van der Waals surface area contributed by atoms with Gasteiger partial charge in [0, 0.05) is 24.6 Å². The first-order chi connectivity index (χ1) is 6.74. The van der Waals surface area contributed by atoms with Gasteiger partial charge < -0.3 is 15.4 Å². The van der Waals surface area contributed by atoms with E-state index in [1.54, 1.807) is 6.20 Å². The average Bonchev–Trinajstić information content (AvgIpc) is 2.19. The fraction of sp³-hybridized carbons (Fsp3) is 0.500. The lowest BCUT2D eigenvalue weighted by Crippen LogP contribution is -2.22. The molecule has 1 aliphatic heterocycles. The lowest BCUT2D eigenvalue weighted by atomic mass is 10.1. The van der Waals surface area contributed by atoms with Gasteiger partial charge in [-0.25, -0.2) is 0 Å². The van der Waals surface area contributed by atoms with Crippen LogP contribution in [0.25, 0.3) is 0 Å². The molecule has 1 aliphatic rings. The molecule has 0 aromatic rings. The summed E-state index contributed by atoms with van der Waals surface area (Å²) in [6.07, 6.45) is 7.12. The highest BCUT2D eigenvalue weighted by atomic mass is 16.5. The van der Waals surface area contributed by atoms with E-state index in [0.717, 1.165) is 13.0 Å². The Kier molecular flexibility index (Phi) is 4.19. The standard InChI is InChI=1S/C10H16N2O2/c1-2-6-14-8-12-5-3-4-9(7-12)10(11)13/h3,5,7H,2,4,6,8H2,1H3,(H2,11,13). The maximum Gasteiger partial charge on any atom is 0.246 e. The molecule has 4 heteroatoms. The predicted molar refractivity (Wildman–Crippen MR) is 54.0 cm³/mol. The highest BCUT2D eigenvalue weighted by molar-refractivity contribution is 5.92. The Labute approximate surface area is 84.0 Å². The smallest absolute Gasteiger partial charge is 0.246 e. The molecular weight excluding hydrogens is 180 g/mol. The topological polar surface area (TPSA) is 55.6 Å². The molecule has 0 fully saturated rings. The van der Waals surface area contributed by atoms with Gasteiger partial charge in [0.25, 0.3) is 0 Å². The molecule has 0 radical (unpaired) electrons. The Morgan fingerprint density at radius 3 is 3.14 bits per heavy atom. The van der Waals surface area contributed by atoms with Crippen molar-refractivity contribution in [3.63, 3.8) is 0 Å². The van der Waals surface area contributed by atoms with Crippen molar-refractivity contribution in [1.29, 1.82) is 0 Å². The molecule has 78 valence electrons. The Morgan fingerprint density at radius 2 is 2.50 bits per heavy atom. The number of hydrogen-bond acceptors (Lipinski definition) is 3. The maximum atomic E-state index is 10.9. The molecule has 0 saturated carbocycles. The third-order valence-electron chi connectivity index (χ3n) is 1.86. The summed E-state index contributed by atoms with van der Waals surface area (Å²) in [5.41, 5.74) is 5.79. The molecule has 0 aromatic carbocycles. The molecule has 0 bridgehead atoms. The van der Waals surface area contributed by atoms with E-state index in [-0.39, 0.29) is 5.91 Å².